The van der Waals surface area contributed by atoms with E-state index in [4.69, 9.17) is 14.7 Å². The lowest BCUT2D eigenvalue weighted by molar-refractivity contribution is 0.369. The van der Waals surface area contributed by atoms with Gasteiger partial charge in [0.15, 0.2) is 0 Å². The van der Waals surface area contributed by atoms with Gasteiger partial charge in [0, 0.05) is 22.5 Å². The average molecular weight is 540 g/mol. The van der Waals surface area contributed by atoms with Crippen LogP contribution in [0.2, 0.25) is 0 Å². The lowest BCUT2D eigenvalue weighted by Gasteiger charge is -2.43. The monoisotopic (exact) mass is 539 g/mol. The number of thioether (sulfide) groups is 2. The van der Waals surface area contributed by atoms with E-state index in [0.29, 0.717) is 12.3 Å². The van der Waals surface area contributed by atoms with Crippen molar-refractivity contribution in [1.82, 2.24) is 0 Å². The van der Waals surface area contributed by atoms with Gasteiger partial charge in [-0.25, -0.2) is 0 Å². The van der Waals surface area contributed by atoms with E-state index in [2.05, 4.69) is 67.2 Å². The van der Waals surface area contributed by atoms with Crippen molar-refractivity contribution in [3.63, 3.8) is 0 Å². The summed E-state index contributed by atoms with van der Waals surface area (Å²) in [7, 11) is 3.49. The van der Waals surface area contributed by atoms with Crippen LogP contribution in [0, 0.1) is 11.3 Å². The van der Waals surface area contributed by atoms with Crippen LogP contribution in [-0.4, -0.2) is 31.5 Å². The maximum absolute atomic E-state index is 8.59. The van der Waals surface area contributed by atoms with Gasteiger partial charge in [0.05, 0.1) is 20.3 Å². The summed E-state index contributed by atoms with van der Waals surface area (Å²) in [5.41, 5.74) is 3.00. The molecule has 2 aromatic carbocycles. The lowest BCUT2D eigenvalue weighted by Crippen LogP contribution is -2.36. The van der Waals surface area contributed by atoms with Crippen LogP contribution < -0.4 is 9.47 Å². The van der Waals surface area contributed by atoms with E-state index in [0.717, 1.165) is 23.7 Å². The zero-order valence-corrected chi connectivity index (χ0v) is 24.7. The molecule has 0 fully saturated rings. The normalized spacial score (nSPS) is 18.7. The predicted octanol–water partition coefficient (Wildman–Crippen LogP) is 9.40. The number of rotatable bonds is 17. The van der Waals surface area contributed by atoms with Gasteiger partial charge in [-0.05, 0) is 78.5 Å². The first-order valence-electron chi connectivity index (χ1n) is 14.0. The molecule has 2 aromatic rings. The number of fused-ring (bicyclic) bond motifs is 1. The maximum Gasteiger partial charge on any atom is 0.119 e. The van der Waals surface area contributed by atoms with Crippen molar-refractivity contribution in [2.24, 2.45) is 0 Å². The van der Waals surface area contributed by atoms with Gasteiger partial charge in [-0.15, -0.1) is 11.8 Å². The molecule has 202 valence electrons. The second-order valence-corrected chi connectivity index (χ2v) is 12.6. The van der Waals surface area contributed by atoms with E-state index in [1.807, 2.05) is 11.8 Å². The molecule has 0 N–H and O–H groups in total. The highest BCUT2D eigenvalue weighted by Crippen LogP contribution is 2.52. The molecule has 37 heavy (non-hydrogen) atoms. The first kappa shape index (κ1) is 29.8. The van der Waals surface area contributed by atoms with Crippen LogP contribution in [0.5, 0.6) is 11.5 Å². The third-order valence-corrected chi connectivity index (χ3v) is 10.3. The minimum Gasteiger partial charge on any atom is -0.497 e. The highest BCUT2D eigenvalue weighted by molar-refractivity contribution is 7.99. The fraction of sp³-hybridized carbons (Fsp3) is 0.594. The van der Waals surface area contributed by atoms with Crippen molar-refractivity contribution in [1.29, 1.82) is 5.26 Å². The Morgan fingerprint density at radius 1 is 0.865 bits per heavy atom. The molecule has 1 aliphatic heterocycles. The van der Waals surface area contributed by atoms with Crippen molar-refractivity contribution in [3.05, 3.63) is 53.6 Å². The van der Waals surface area contributed by atoms with E-state index in [-0.39, 0.29) is 5.41 Å². The Bertz CT molecular complexity index is 972. The van der Waals surface area contributed by atoms with Gasteiger partial charge >= 0.3 is 0 Å². The number of nitrogens with zero attached hydrogens (tertiary/aromatic N) is 1. The fourth-order valence-electron chi connectivity index (χ4n) is 5.40. The first-order valence-corrected chi connectivity index (χ1v) is 16.2. The molecule has 0 saturated heterocycles. The van der Waals surface area contributed by atoms with Crippen LogP contribution in [0.1, 0.15) is 94.6 Å². The van der Waals surface area contributed by atoms with Gasteiger partial charge < -0.3 is 9.47 Å². The zero-order valence-electron chi connectivity index (χ0n) is 23.1. The number of hydrogen-bond donors (Lipinski definition) is 0. The highest BCUT2D eigenvalue weighted by atomic mass is 32.2. The Morgan fingerprint density at radius 2 is 1.49 bits per heavy atom. The van der Waals surface area contributed by atoms with Gasteiger partial charge in [0.1, 0.15) is 11.5 Å². The number of ether oxygens (including phenoxy) is 2. The maximum atomic E-state index is 8.59. The minimum atomic E-state index is 0.102. The Labute approximate surface area is 234 Å². The Balaban J connectivity index is 1.47. The van der Waals surface area contributed by atoms with Crippen LogP contribution in [0.4, 0.5) is 0 Å². The summed E-state index contributed by atoms with van der Waals surface area (Å²) in [6.07, 6.45) is 13.5. The second kappa shape index (κ2) is 16.2. The summed E-state index contributed by atoms with van der Waals surface area (Å²) in [5.74, 6) is 5.96. The SMILES string of the molecule is COc1ccc(C2(C)CSc3cc(OC)ccc3C2CCCCCCCCCSCCCCC#N)cc1. The van der Waals surface area contributed by atoms with Crippen LogP contribution >= 0.6 is 23.5 Å². The molecule has 0 saturated carbocycles. The third-order valence-electron chi connectivity index (χ3n) is 7.75. The summed E-state index contributed by atoms with van der Waals surface area (Å²) in [6, 6.07) is 17.7. The Hall–Kier alpha value is -1.77. The standard InChI is InChI=1S/C32H45NO2S2/c1-32(26-15-17-27(34-2)18-16-26)25-37-31-24-28(35-3)19-20-29(31)30(32)14-10-7-5-4-6-8-12-22-36-23-13-9-11-21-33/h15-20,24,30H,4-14,22-23,25H2,1-3H3. The molecule has 0 spiro atoms. The van der Waals surface area contributed by atoms with E-state index < -0.39 is 0 Å². The summed E-state index contributed by atoms with van der Waals surface area (Å²) in [5, 5.41) is 8.59. The molecule has 0 aromatic heterocycles. The van der Waals surface area contributed by atoms with Crippen molar-refractivity contribution < 1.29 is 9.47 Å². The lowest BCUT2D eigenvalue weighted by atomic mass is 9.68. The van der Waals surface area contributed by atoms with Gasteiger partial charge in [-0.3, -0.25) is 0 Å². The van der Waals surface area contributed by atoms with Crippen molar-refractivity contribution in [2.75, 3.05) is 31.5 Å². The molecular weight excluding hydrogens is 494 g/mol. The van der Waals surface area contributed by atoms with E-state index in [9.17, 15) is 0 Å². The quantitative estimate of drug-likeness (QED) is 0.187. The second-order valence-electron chi connectivity index (χ2n) is 10.4. The molecule has 2 atom stereocenters. The van der Waals surface area contributed by atoms with E-state index >= 15 is 0 Å². The molecule has 3 nitrogen and oxygen atoms in total. The molecule has 1 heterocycles. The summed E-state index contributed by atoms with van der Waals surface area (Å²) in [6.45, 7) is 2.46. The Morgan fingerprint density at radius 3 is 2.16 bits per heavy atom. The predicted molar refractivity (Wildman–Crippen MR) is 161 cm³/mol. The number of methoxy groups -OCH3 is 2. The number of unbranched alkanes of at least 4 members (excludes halogenated alkanes) is 8. The van der Waals surface area contributed by atoms with E-state index in [1.165, 1.54) is 85.3 Å². The number of hydrogen-bond acceptors (Lipinski definition) is 5. The molecular formula is C32H45NO2S2. The van der Waals surface area contributed by atoms with Gasteiger partial charge in [-0.1, -0.05) is 63.6 Å². The molecule has 0 aliphatic carbocycles. The number of nitriles is 1. The van der Waals surface area contributed by atoms with Crippen LogP contribution in [-0.2, 0) is 5.41 Å². The fourth-order valence-corrected chi connectivity index (χ4v) is 7.82. The van der Waals surface area contributed by atoms with Crippen LogP contribution in [0.15, 0.2) is 47.4 Å². The van der Waals surface area contributed by atoms with Crippen LogP contribution in [0.25, 0.3) is 0 Å². The van der Waals surface area contributed by atoms with Crippen molar-refractivity contribution in [2.45, 2.75) is 93.8 Å². The highest BCUT2D eigenvalue weighted by Gasteiger charge is 2.41. The molecule has 0 radical (unpaired) electrons. The largest absolute Gasteiger partial charge is 0.497 e. The molecule has 3 rings (SSSR count). The first-order chi connectivity index (χ1) is 18.1. The molecule has 1 aliphatic rings. The zero-order chi connectivity index (χ0) is 26.3. The van der Waals surface area contributed by atoms with Crippen molar-refractivity contribution in [3.8, 4) is 17.6 Å². The van der Waals surface area contributed by atoms with Gasteiger partial charge in [-0.2, -0.15) is 17.0 Å². The average Bonchev–Trinajstić information content (AvgIpc) is 2.94. The molecule has 5 heteroatoms. The summed E-state index contributed by atoms with van der Waals surface area (Å²) >= 11 is 4.03. The van der Waals surface area contributed by atoms with Gasteiger partial charge in [0.2, 0.25) is 0 Å². The summed E-state index contributed by atoms with van der Waals surface area (Å²) in [4.78, 5) is 1.39. The molecule has 0 bridgehead atoms. The third kappa shape index (κ3) is 8.89. The van der Waals surface area contributed by atoms with Crippen LogP contribution in [0.3, 0.4) is 0 Å². The number of benzene rings is 2. The topological polar surface area (TPSA) is 42.2 Å². The molecule has 2 unspecified atom stereocenters. The summed E-state index contributed by atoms with van der Waals surface area (Å²) < 4.78 is 11.0. The smallest absolute Gasteiger partial charge is 0.119 e. The minimum absolute atomic E-state index is 0.102. The van der Waals surface area contributed by atoms with E-state index in [1.54, 1.807) is 14.2 Å². The Kier molecular flexibility index (Phi) is 13.1. The van der Waals surface area contributed by atoms with Crippen molar-refractivity contribution >= 4 is 23.5 Å². The molecule has 0 amide bonds. The van der Waals surface area contributed by atoms with Gasteiger partial charge in [0.25, 0.3) is 0 Å².